The molecule has 0 bridgehead atoms. The molecule has 0 spiro atoms. The lowest BCUT2D eigenvalue weighted by molar-refractivity contribution is 0.332. The largest absolute Gasteiger partial charge is 0.314 e. The lowest BCUT2D eigenvalue weighted by atomic mass is 10.1. The van der Waals surface area contributed by atoms with E-state index in [0.29, 0.717) is 5.56 Å². The van der Waals surface area contributed by atoms with Crippen LogP contribution in [-0.4, -0.2) is 22.6 Å². The fourth-order valence-corrected chi connectivity index (χ4v) is 3.82. The van der Waals surface area contributed by atoms with E-state index in [-0.39, 0.29) is 0 Å². The maximum absolute atomic E-state index is 9.03. The van der Waals surface area contributed by atoms with Crippen LogP contribution in [0.3, 0.4) is 0 Å². The Hall–Kier alpha value is -2.57. The number of nitrogens with zero attached hydrogens (tertiary/aromatic N) is 3. The van der Waals surface area contributed by atoms with Gasteiger partial charge in [-0.2, -0.15) is 5.26 Å². The first-order chi connectivity index (χ1) is 11.8. The molecule has 1 fully saturated rings. The number of para-hydroxylation sites is 1. The Kier molecular flexibility index (Phi) is 3.84. The normalized spacial score (nSPS) is 15.0. The Balaban J connectivity index is 1.85. The number of likely N-dealkylation sites (tertiary alicyclic amines) is 1. The summed E-state index contributed by atoms with van der Waals surface area (Å²) in [5.74, 6) is 0. The highest BCUT2D eigenvalue weighted by Gasteiger charge is 2.19. The molecule has 0 unspecified atom stereocenters. The number of rotatable bonds is 3. The minimum absolute atomic E-state index is 0.699. The summed E-state index contributed by atoms with van der Waals surface area (Å²) in [6, 6.07) is 18.7. The van der Waals surface area contributed by atoms with E-state index < -0.39 is 0 Å². The molecule has 3 nitrogen and oxygen atoms in total. The van der Waals surface area contributed by atoms with Gasteiger partial charge in [0.05, 0.1) is 17.1 Å². The molecule has 1 aromatic heterocycles. The number of fused-ring (bicyclic) bond motifs is 1. The summed E-state index contributed by atoms with van der Waals surface area (Å²) in [6.07, 6.45) is 2.63. The number of nitriles is 1. The fraction of sp³-hybridized carbons (Fsp3) is 0.286. The summed E-state index contributed by atoms with van der Waals surface area (Å²) in [4.78, 5) is 2.55. The molecule has 2 heterocycles. The smallest absolute Gasteiger partial charge is 0.0991 e. The van der Waals surface area contributed by atoms with Crippen LogP contribution in [0.5, 0.6) is 0 Å². The maximum Gasteiger partial charge on any atom is 0.0991 e. The van der Waals surface area contributed by atoms with Crippen LogP contribution in [0.2, 0.25) is 0 Å². The van der Waals surface area contributed by atoms with Crippen LogP contribution in [-0.2, 0) is 6.54 Å². The molecule has 0 radical (unpaired) electrons. The molecular formula is C21H21N3. The summed E-state index contributed by atoms with van der Waals surface area (Å²) in [5.41, 5.74) is 5.79. The van der Waals surface area contributed by atoms with Gasteiger partial charge in [-0.3, -0.25) is 4.90 Å². The molecule has 1 aliphatic rings. The van der Waals surface area contributed by atoms with Crippen LogP contribution < -0.4 is 0 Å². The van der Waals surface area contributed by atoms with Crippen LogP contribution in [0.1, 0.15) is 29.7 Å². The molecule has 1 saturated heterocycles. The van der Waals surface area contributed by atoms with Gasteiger partial charge < -0.3 is 4.57 Å². The van der Waals surface area contributed by atoms with E-state index in [9.17, 15) is 0 Å². The predicted octanol–water partition coefficient (Wildman–Crippen LogP) is 4.41. The van der Waals surface area contributed by atoms with Crippen LogP contribution in [0.15, 0.2) is 48.5 Å². The van der Waals surface area contributed by atoms with E-state index >= 15 is 0 Å². The van der Waals surface area contributed by atoms with Crippen molar-refractivity contribution < 1.29 is 0 Å². The van der Waals surface area contributed by atoms with Crippen LogP contribution in [0, 0.1) is 18.3 Å². The van der Waals surface area contributed by atoms with Crippen molar-refractivity contribution >= 4 is 10.9 Å². The molecule has 3 heteroatoms. The van der Waals surface area contributed by atoms with Crippen molar-refractivity contribution in [3.05, 3.63) is 65.4 Å². The molecule has 1 aliphatic heterocycles. The average molecular weight is 315 g/mol. The van der Waals surface area contributed by atoms with E-state index in [0.717, 1.165) is 12.2 Å². The van der Waals surface area contributed by atoms with Gasteiger partial charge in [-0.25, -0.2) is 0 Å². The van der Waals surface area contributed by atoms with Crippen molar-refractivity contribution in [2.24, 2.45) is 0 Å². The van der Waals surface area contributed by atoms with Gasteiger partial charge in [0.25, 0.3) is 0 Å². The van der Waals surface area contributed by atoms with Gasteiger partial charge in [-0.1, -0.05) is 18.2 Å². The van der Waals surface area contributed by atoms with Gasteiger partial charge in [0.15, 0.2) is 0 Å². The third-order valence-electron chi connectivity index (χ3n) is 5.08. The minimum atomic E-state index is 0.699. The summed E-state index contributed by atoms with van der Waals surface area (Å²) in [5, 5.41) is 10.4. The van der Waals surface area contributed by atoms with E-state index in [1.54, 1.807) is 0 Å². The van der Waals surface area contributed by atoms with Crippen molar-refractivity contribution in [3.8, 4) is 11.8 Å². The van der Waals surface area contributed by atoms with Gasteiger partial charge >= 0.3 is 0 Å². The van der Waals surface area contributed by atoms with Crippen LogP contribution in [0.4, 0.5) is 0 Å². The second-order valence-electron chi connectivity index (χ2n) is 6.56. The highest BCUT2D eigenvalue weighted by Crippen LogP contribution is 2.31. The highest BCUT2D eigenvalue weighted by molar-refractivity contribution is 5.87. The van der Waals surface area contributed by atoms with Crippen molar-refractivity contribution in [1.82, 2.24) is 9.47 Å². The van der Waals surface area contributed by atoms with E-state index in [2.05, 4.69) is 46.7 Å². The predicted molar refractivity (Wildman–Crippen MR) is 97.2 cm³/mol. The number of benzene rings is 2. The standard InChI is InChI=1S/C21H21N3/c1-16-20(15-23-12-4-5-13-23)19-6-2-3-7-21(19)24(16)18-10-8-17(14-22)9-11-18/h2-3,6-11H,4-5,12-13,15H2,1H3. The molecule has 0 atom stereocenters. The summed E-state index contributed by atoms with van der Waals surface area (Å²) in [7, 11) is 0. The van der Waals surface area contributed by atoms with E-state index in [1.807, 2.05) is 24.3 Å². The zero-order valence-electron chi connectivity index (χ0n) is 14.0. The first-order valence-corrected chi connectivity index (χ1v) is 8.60. The average Bonchev–Trinajstić information content (AvgIpc) is 3.23. The highest BCUT2D eigenvalue weighted by atomic mass is 15.1. The quantitative estimate of drug-likeness (QED) is 0.717. The molecule has 2 aromatic carbocycles. The number of hydrogen-bond acceptors (Lipinski definition) is 2. The molecular weight excluding hydrogens is 294 g/mol. The SMILES string of the molecule is Cc1c(CN2CCCC2)c2ccccc2n1-c1ccc(C#N)cc1. The van der Waals surface area contributed by atoms with Crippen molar-refractivity contribution in [1.29, 1.82) is 5.26 Å². The number of hydrogen-bond donors (Lipinski definition) is 0. The van der Waals surface area contributed by atoms with Gasteiger partial charge in [0.2, 0.25) is 0 Å². The zero-order valence-corrected chi connectivity index (χ0v) is 14.0. The second kappa shape index (κ2) is 6.14. The summed E-state index contributed by atoms with van der Waals surface area (Å²) in [6.45, 7) is 5.64. The molecule has 3 aromatic rings. The topological polar surface area (TPSA) is 32.0 Å². The van der Waals surface area contributed by atoms with Gasteiger partial charge in [0, 0.05) is 23.3 Å². The molecule has 4 rings (SSSR count). The molecule has 0 N–H and O–H groups in total. The Morgan fingerprint density at radius 1 is 1.00 bits per heavy atom. The number of aromatic nitrogens is 1. The van der Waals surface area contributed by atoms with E-state index in [1.165, 1.54) is 48.1 Å². The molecule has 24 heavy (non-hydrogen) atoms. The second-order valence-corrected chi connectivity index (χ2v) is 6.56. The lowest BCUT2D eigenvalue weighted by Crippen LogP contribution is -2.18. The van der Waals surface area contributed by atoms with Crippen LogP contribution >= 0.6 is 0 Å². The zero-order chi connectivity index (χ0) is 16.5. The van der Waals surface area contributed by atoms with Crippen molar-refractivity contribution in [2.75, 3.05) is 13.1 Å². The third-order valence-corrected chi connectivity index (χ3v) is 5.08. The Morgan fingerprint density at radius 3 is 2.42 bits per heavy atom. The summed E-state index contributed by atoms with van der Waals surface area (Å²) >= 11 is 0. The van der Waals surface area contributed by atoms with Crippen molar-refractivity contribution in [2.45, 2.75) is 26.3 Å². The first kappa shape index (κ1) is 15.0. The van der Waals surface area contributed by atoms with Crippen LogP contribution in [0.25, 0.3) is 16.6 Å². The molecule has 0 aliphatic carbocycles. The first-order valence-electron chi connectivity index (χ1n) is 8.60. The lowest BCUT2D eigenvalue weighted by Gasteiger charge is -2.15. The third kappa shape index (κ3) is 2.50. The van der Waals surface area contributed by atoms with E-state index in [4.69, 9.17) is 5.26 Å². The van der Waals surface area contributed by atoms with Crippen molar-refractivity contribution in [3.63, 3.8) is 0 Å². The van der Waals surface area contributed by atoms with Gasteiger partial charge in [-0.05, 0) is 68.8 Å². The van der Waals surface area contributed by atoms with Gasteiger partial charge in [0.1, 0.15) is 0 Å². The maximum atomic E-state index is 9.03. The fourth-order valence-electron chi connectivity index (χ4n) is 3.82. The Morgan fingerprint density at radius 2 is 1.71 bits per heavy atom. The monoisotopic (exact) mass is 315 g/mol. The van der Waals surface area contributed by atoms with Gasteiger partial charge in [-0.15, -0.1) is 0 Å². The minimum Gasteiger partial charge on any atom is -0.314 e. The molecule has 0 saturated carbocycles. The molecule has 120 valence electrons. The molecule has 0 amide bonds. The Labute approximate surface area is 142 Å². The summed E-state index contributed by atoms with van der Waals surface area (Å²) < 4.78 is 2.32. The Bertz CT molecular complexity index is 907.